The van der Waals surface area contributed by atoms with Crippen LogP contribution in [-0.2, 0) is 6.42 Å². The molecule has 19 heavy (non-hydrogen) atoms. The van der Waals surface area contributed by atoms with Gasteiger partial charge in [0.15, 0.2) is 0 Å². The van der Waals surface area contributed by atoms with E-state index in [0.29, 0.717) is 6.42 Å². The number of benzene rings is 1. The normalized spacial score (nSPS) is 10.1. The van der Waals surface area contributed by atoms with Crippen LogP contribution in [0.2, 0.25) is 0 Å². The number of carboxylic acids is 1. The molecule has 0 aliphatic rings. The maximum Gasteiger partial charge on any atom is 0.354 e. The van der Waals surface area contributed by atoms with Crippen LogP contribution < -0.4 is 0 Å². The quantitative estimate of drug-likeness (QED) is 0.670. The fourth-order valence-electron chi connectivity index (χ4n) is 1.63. The molecule has 1 heterocycles. The van der Waals surface area contributed by atoms with Crippen molar-refractivity contribution in [2.75, 3.05) is 0 Å². The van der Waals surface area contributed by atoms with Gasteiger partial charge in [0, 0.05) is 18.3 Å². The van der Waals surface area contributed by atoms with Crippen molar-refractivity contribution < 1.29 is 14.8 Å². The first-order valence-corrected chi connectivity index (χ1v) is 5.48. The number of non-ortho nitro benzene ring substituents is 1. The lowest BCUT2D eigenvalue weighted by Gasteiger charge is -2.02. The standard InChI is InChI=1S/C13H10N2O4/c16-13(17)12-6-3-10(8-14-12)7-9-1-4-11(5-2-9)15(18)19/h1-6,8H,7H2,(H,16,17). The van der Waals surface area contributed by atoms with Crippen molar-refractivity contribution in [2.24, 2.45) is 0 Å². The summed E-state index contributed by atoms with van der Waals surface area (Å²) in [5.74, 6) is -1.07. The number of pyridine rings is 1. The second kappa shape index (κ2) is 5.26. The largest absolute Gasteiger partial charge is 0.477 e. The average molecular weight is 258 g/mol. The molecule has 0 atom stereocenters. The number of hydrogen-bond acceptors (Lipinski definition) is 4. The van der Waals surface area contributed by atoms with Crippen LogP contribution in [0.3, 0.4) is 0 Å². The molecule has 1 aromatic carbocycles. The first kappa shape index (κ1) is 12.7. The smallest absolute Gasteiger partial charge is 0.354 e. The Labute approximate surface area is 108 Å². The van der Waals surface area contributed by atoms with E-state index in [9.17, 15) is 14.9 Å². The average Bonchev–Trinajstić information content (AvgIpc) is 2.40. The fourth-order valence-corrected chi connectivity index (χ4v) is 1.63. The molecule has 0 amide bonds. The summed E-state index contributed by atoms with van der Waals surface area (Å²) in [6, 6.07) is 9.33. The number of aromatic carboxylic acids is 1. The molecule has 0 fully saturated rings. The molecule has 96 valence electrons. The SMILES string of the molecule is O=C(O)c1ccc(Cc2ccc([N+](=O)[O-])cc2)cn1. The molecule has 0 aliphatic carbocycles. The maximum atomic E-state index is 10.6. The Bertz CT molecular complexity index is 550. The van der Waals surface area contributed by atoms with Crippen LogP contribution in [0.15, 0.2) is 42.6 Å². The van der Waals surface area contributed by atoms with E-state index in [4.69, 9.17) is 5.11 Å². The van der Waals surface area contributed by atoms with Gasteiger partial charge in [-0.15, -0.1) is 0 Å². The van der Waals surface area contributed by atoms with Crippen LogP contribution in [0.25, 0.3) is 0 Å². The van der Waals surface area contributed by atoms with Crippen molar-refractivity contribution in [1.82, 2.24) is 4.98 Å². The fraction of sp³-hybridized carbons (Fsp3) is 0.0769. The van der Waals surface area contributed by atoms with Gasteiger partial charge in [-0.3, -0.25) is 10.1 Å². The summed E-state index contributed by atoms with van der Waals surface area (Å²) in [5.41, 5.74) is 1.78. The summed E-state index contributed by atoms with van der Waals surface area (Å²) in [6.07, 6.45) is 2.04. The number of carboxylic acid groups (broad SMARTS) is 1. The molecule has 0 bridgehead atoms. The van der Waals surface area contributed by atoms with Crippen molar-refractivity contribution in [3.8, 4) is 0 Å². The molecule has 1 aromatic heterocycles. The van der Waals surface area contributed by atoms with Gasteiger partial charge in [-0.1, -0.05) is 18.2 Å². The van der Waals surface area contributed by atoms with Crippen molar-refractivity contribution in [3.63, 3.8) is 0 Å². The van der Waals surface area contributed by atoms with E-state index in [0.717, 1.165) is 11.1 Å². The highest BCUT2D eigenvalue weighted by atomic mass is 16.6. The Morgan fingerprint density at radius 2 is 1.79 bits per heavy atom. The molecule has 0 saturated heterocycles. The van der Waals surface area contributed by atoms with E-state index in [2.05, 4.69) is 4.98 Å². The number of carbonyl (C=O) groups is 1. The predicted octanol–water partition coefficient (Wildman–Crippen LogP) is 2.28. The van der Waals surface area contributed by atoms with Crippen LogP contribution in [0.4, 0.5) is 5.69 Å². The van der Waals surface area contributed by atoms with Crippen LogP contribution in [0.5, 0.6) is 0 Å². The zero-order valence-electron chi connectivity index (χ0n) is 9.81. The van der Waals surface area contributed by atoms with Gasteiger partial charge in [0.2, 0.25) is 0 Å². The van der Waals surface area contributed by atoms with E-state index >= 15 is 0 Å². The van der Waals surface area contributed by atoms with Gasteiger partial charge in [0.25, 0.3) is 5.69 Å². The number of nitro groups is 1. The molecule has 0 spiro atoms. The zero-order valence-corrected chi connectivity index (χ0v) is 9.81. The van der Waals surface area contributed by atoms with Gasteiger partial charge in [0.05, 0.1) is 4.92 Å². The number of rotatable bonds is 4. The second-order valence-corrected chi connectivity index (χ2v) is 3.96. The summed E-state index contributed by atoms with van der Waals surface area (Å²) in [5, 5.41) is 19.2. The van der Waals surface area contributed by atoms with Crippen molar-refractivity contribution in [2.45, 2.75) is 6.42 Å². The maximum absolute atomic E-state index is 10.6. The molecule has 0 unspecified atom stereocenters. The highest BCUT2D eigenvalue weighted by Gasteiger charge is 2.06. The van der Waals surface area contributed by atoms with E-state index in [1.165, 1.54) is 24.4 Å². The molecule has 0 saturated carbocycles. The van der Waals surface area contributed by atoms with Gasteiger partial charge in [-0.2, -0.15) is 0 Å². The number of hydrogen-bond donors (Lipinski definition) is 1. The number of aromatic nitrogens is 1. The second-order valence-electron chi connectivity index (χ2n) is 3.96. The summed E-state index contributed by atoms with van der Waals surface area (Å²) in [7, 11) is 0. The Morgan fingerprint density at radius 3 is 2.26 bits per heavy atom. The van der Waals surface area contributed by atoms with Crippen LogP contribution >= 0.6 is 0 Å². The lowest BCUT2D eigenvalue weighted by Crippen LogP contribution is -2.00. The third-order valence-corrected chi connectivity index (χ3v) is 2.60. The lowest BCUT2D eigenvalue weighted by molar-refractivity contribution is -0.384. The number of nitrogens with zero attached hydrogens (tertiary/aromatic N) is 2. The molecular formula is C13H10N2O4. The van der Waals surface area contributed by atoms with E-state index in [1.54, 1.807) is 18.2 Å². The Hall–Kier alpha value is -2.76. The van der Waals surface area contributed by atoms with E-state index in [-0.39, 0.29) is 11.4 Å². The van der Waals surface area contributed by atoms with Crippen molar-refractivity contribution >= 4 is 11.7 Å². The van der Waals surface area contributed by atoms with E-state index < -0.39 is 10.9 Å². The topological polar surface area (TPSA) is 93.3 Å². The Kier molecular flexibility index (Phi) is 3.51. The van der Waals surface area contributed by atoms with Crippen LogP contribution in [0, 0.1) is 10.1 Å². The summed E-state index contributed by atoms with van der Waals surface area (Å²) >= 11 is 0. The van der Waals surface area contributed by atoms with Gasteiger partial charge >= 0.3 is 5.97 Å². The molecule has 2 rings (SSSR count). The first-order chi connectivity index (χ1) is 9.06. The Balaban J connectivity index is 2.12. The molecule has 2 aromatic rings. The third kappa shape index (κ3) is 3.12. The molecular weight excluding hydrogens is 248 g/mol. The van der Waals surface area contributed by atoms with E-state index in [1.807, 2.05) is 0 Å². The minimum atomic E-state index is -1.07. The van der Waals surface area contributed by atoms with Crippen LogP contribution in [-0.4, -0.2) is 21.0 Å². The molecule has 0 radical (unpaired) electrons. The zero-order chi connectivity index (χ0) is 13.8. The van der Waals surface area contributed by atoms with Crippen molar-refractivity contribution in [1.29, 1.82) is 0 Å². The Morgan fingerprint density at radius 1 is 1.16 bits per heavy atom. The summed E-state index contributed by atoms with van der Waals surface area (Å²) in [6.45, 7) is 0. The first-order valence-electron chi connectivity index (χ1n) is 5.48. The number of nitro benzene ring substituents is 1. The predicted molar refractivity (Wildman–Crippen MR) is 67.1 cm³/mol. The minimum Gasteiger partial charge on any atom is -0.477 e. The molecule has 6 nitrogen and oxygen atoms in total. The summed E-state index contributed by atoms with van der Waals surface area (Å²) in [4.78, 5) is 24.5. The van der Waals surface area contributed by atoms with Crippen molar-refractivity contribution in [3.05, 3.63) is 69.5 Å². The van der Waals surface area contributed by atoms with Crippen LogP contribution in [0.1, 0.15) is 21.6 Å². The van der Waals surface area contributed by atoms with Gasteiger partial charge in [-0.05, 0) is 23.6 Å². The highest BCUT2D eigenvalue weighted by Crippen LogP contribution is 2.15. The third-order valence-electron chi connectivity index (χ3n) is 2.60. The molecule has 6 heteroatoms. The lowest BCUT2D eigenvalue weighted by atomic mass is 10.1. The monoisotopic (exact) mass is 258 g/mol. The molecule has 0 aliphatic heterocycles. The molecule has 1 N–H and O–H groups in total. The minimum absolute atomic E-state index is 0.00699. The highest BCUT2D eigenvalue weighted by molar-refractivity contribution is 5.85. The van der Waals surface area contributed by atoms with Gasteiger partial charge < -0.3 is 5.11 Å². The van der Waals surface area contributed by atoms with Gasteiger partial charge in [0.1, 0.15) is 5.69 Å². The summed E-state index contributed by atoms with van der Waals surface area (Å²) < 4.78 is 0. The van der Waals surface area contributed by atoms with Gasteiger partial charge in [-0.25, -0.2) is 9.78 Å².